The molecule has 2 aliphatic carbocycles. The van der Waals surface area contributed by atoms with Gasteiger partial charge in [-0.3, -0.25) is 0 Å². The zero-order valence-electron chi connectivity index (χ0n) is 9.08. The Balaban J connectivity index is 2.18. The van der Waals surface area contributed by atoms with E-state index in [0.717, 1.165) is 25.0 Å². The van der Waals surface area contributed by atoms with Crippen LogP contribution in [-0.2, 0) is 10.0 Å². The van der Waals surface area contributed by atoms with Crippen molar-refractivity contribution in [3.63, 3.8) is 0 Å². The van der Waals surface area contributed by atoms with Crippen LogP contribution in [-0.4, -0.2) is 19.9 Å². The molecule has 84 valence electrons. The number of hydrogen-bond acceptors (Lipinski definition) is 3. The molecule has 0 saturated heterocycles. The van der Waals surface area contributed by atoms with Gasteiger partial charge in [-0.25, -0.2) is 13.2 Å². The van der Waals surface area contributed by atoms with Crippen LogP contribution in [0.1, 0.15) is 33.1 Å². The van der Waals surface area contributed by atoms with E-state index in [1.165, 1.54) is 0 Å². The van der Waals surface area contributed by atoms with Gasteiger partial charge in [0.15, 0.2) is 0 Å². The molecule has 15 heavy (non-hydrogen) atoms. The monoisotopic (exact) mass is 228 g/mol. The Hall–Kier alpha value is -0.580. The first kappa shape index (κ1) is 9.63. The molecule has 2 unspecified atom stereocenters. The molecule has 2 atom stereocenters. The van der Waals surface area contributed by atoms with Crippen LogP contribution in [0.25, 0.3) is 0 Å². The van der Waals surface area contributed by atoms with Crippen LogP contribution < -0.4 is 4.83 Å². The van der Waals surface area contributed by atoms with Crippen molar-refractivity contribution in [1.82, 2.24) is 4.83 Å². The Labute approximate surface area is 90.2 Å². The van der Waals surface area contributed by atoms with Crippen molar-refractivity contribution in [2.24, 2.45) is 21.8 Å². The maximum absolute atomic E-state index is 11.6. The van der Waals surface area contributed by atoms with E-state index in [4.69, 9.17) is 0 Å². The molecule has 2 fully saturated rings. The van der Waals surface area contributed by atoms with E-state index < -0.39 is 10.0 Å². The van der Waals surface area contributed by atoms with E-state index >= 15 is 0 Å². The molecule has 5 heteroatoms. The lowest BCUT2D eigenvalue weighted by Gasteiger charge is -2.39. The van der Waals surface area contributed by atoms with E-state index in [-0.39, 0.29) is 16.6 Å². The molecular formula is C10H16N2O2S. The average molecular weight is 228 g/mol. The highest BCUT2D eigenvalue weighted by molar-refractivity contribution is 7.89. The van der Waals surface area contributed by atoms with Gasteiger partial charge < -0.3 is 0 Å². The van der Waals surface area contributed by atoms with Gasteiger partial charge in [-0.1, -0.05) is 13.8 Å². The van der Waals surface area contributed by atoms with Gasteiger partial charge in [-0.05, 0) is 30.6 Å². The number of sulfonamides is 1. The van der Waals surface area contributed by atoms with Crippen molar-refractivity contribution in [1.29, 1.82) is 0 Å². The molecule has 0 radical (unpaired) electrons. The smallest absolute Gasteiger partial charge is 0.205 e. The molecule has 1 N–H and O–H groups in total. The van der Waals surface area contributed by atoms with Crippen LogP contribution in [0.4, 0.5) is 0 Å². The number of fused-ring (bicyclic) bond motifs is 1. The Bertz CT molecular complexity index is 452. The summed E-state index contributed by atoms with van der Waals surface area (Å²) in [6.45, 7) is 4.40. The quantitative estimate of drug-likeness (QED) is 0.675. The van der Waals surface area contributed by atoms with Crippen molar-refractivity contribution in [2.45, 2.75) is 33.1 Å². The largest absolute Gasteiger partial charge is 0.248 e. The summed E-state index contributed by atoms with van der Waals surface area (Å²) in [6.07, 6.45) is 3.13. The lowest BCUT2D eigenvalue weighted by molar-refractivity contribution is 0.194. The molecule has 2 saturated carbocycles. The second-order valence-corrected chi connectivity index (χ2v) is 7.35. The third-order valence-electron chi connectivity index (χ3n) is 4.92. The van der Waals surface area contributed by atoms with Crippen LogP contribution in [0, 0.1) is 16.7 Å². The van der Waals surface area contributed by atoms with Gasteiger partial charge in [0.25, 0.3) is 0 Å². The lowest BCUT2D eigenvalue weighted by atomic mass is 9.70. The van der Waals surface area contributed by atoms with Crippen LogP contribution in [0.5, 0.6) is 0 Å². The molecule has 0 aromatic heterocycles. The summed E-state index contributed by atoms with van der Waals surface area (Å²) in [7, 11) is -3.19. The molecule has 0 aromatic rings. The molecule has 3 rings (SSSR count). The second-order valence-electron chi connectivity index (χ2n) is 5.65. The molecular weight excluding hydrogens is 212 g/mol. The van der Waals surface area contributed by atoms with Gasteiger partial charge >= 0.3 is 0 Å². The van der Waals surface area contributed by atoms with E-state index in [9.17, 15) is 8.42 Å². The maximum Gasteiger partial charge on any atom is 0.248 e. The molecule has 0 aromatic carbocycles. The van der Waals surface area contributed by atoms with Crippen molar-refractivity contribution in [2.75, 3.05) is 5.75 Å². The van der Waals surface area contributed by atoms with Gasteiger partial charge in [0, 0.05) is 11.1 Å². The van der Waals surface area contributed by atoms with Crippen LogP contribution in [0.2, 0.25) is 0 Å². The van der Waals surface area contributed by atoms with Crippen molar-refractivity contribution < 1.29 is 8.42 Å². The fourth-order valence-electron chi connectivity index (χ4n) is 3.77. The number of hydrogen-bond donors (Lipinski definition) is 1. The van der Waals surface area contributed by atoms with Crippen molar-refractivity contribution >= 4 is 15.7 Å². The topological polar surface area (TPSA) is 58.5 Å². The zero-order chi connectivity index (χ0) is 10.9. The summed E-state index contributed by atoms with van der Waals surface area (Å²) in [5.41, 5.74) is 1.03. The minimum absolute atomic E-state index is 0.0982. The number of rotatable bonds is 0. The molecule has 2 bridgehead atoms. The number of hydrazone groups is 1. The minimum atomic E-state index is -3.19. The van der Waals surface area contributed by atoms with Gasteiger partial charge in [0.1, 0.15) is 0 Å². The number of nitrogens with one attached hydrogen (secondary N) is 1. The van der Waals surface area contributed by atoms with Crippen LogP contribution in [0.15, 0.2) is 5.10 Å². The van der Waals surface area contributed by atoms with Crippen LogP contribution in [0.3, 0.4) is 0 Å². The summed E-state index contributed by atoms with van der Waals surface area (Å²) in [6, 6.07) is 0. The molecule has 1 aliphatic heterocycles. The molecule has 1 spiro atoms. The third-order valence-corrected chi connectivity index (χ3v) is 6.16. The minimum Gasteiger partial charge on any atom is -0.205 e. The van der Waals surface area contributed by atoms with Gasteiger partial charge in [-0.15, -0.1) is 0 Å². The third kappa shape index (κ3) is 0.973. The molecule has 1 heterocycles. The van der Waals surface area contributed by atoms with Gasteiger partial charge in [0.2, 0.25) is 10.0 Å². The first-order chi connectivity index (χ1) is 6.87. The first-order valence-corrected chi connectivity index (χ1v) is 7.09. The Morgan fingerprint density at radius 3 is 2.87 bits per heavy atom. The highest BCUT2D eigenvalue weighted by Crippen LogP contribution is 2.65. The number of nitrogens with zero attached hydrogens (tertiary/aromatic N) is 1. The predicted molar refractivity (Wildman–Crippen MR) is 57.9 cm³/mol. The van der Waals surface area contributed by atoms with E-state index in [2.05, 4.69) is 23.8 Å². The summed E-state index contributed by atoms with van der Waals surface area (Å²) in [4.78, 5) is 2.31. The van der Waals surface area contributed by atoms with E-state index in [0.29, 0.717) is 5.92 Å². The summed E-state index contributed by atoms with van der Waals surface area (Å²) >= 11 is 0. The molecule has 0 amide bonds. The highest BCUT2D eigenvalue weighted by atomic mass is 32.2. The lowest BCUT2D eigenvalue weighted by Crippen LogP contribution is -2.48. The Morgan fingerprint density at radius 1 is 1.47 bits per heavy atom. The fourth-order valence-corrected chi connectivity index (χ4v) is 5.42. The predicted octanol–water partition coefficient (Wildman–Crippen LogP) is 1.10. The highest BCUT2D eigenvalue weighted by Gasteiger charge is 2.65. The van der Waals surface area contributed by atoms with Crippen molar-refractivity contribution in [3.8, 4) is 0 Å². The van der Waals surface area contributed by atoms with Crippen molar-refractivity contribution in [3.05, 3.63) is 0 Å². The van der Waals surface area contributed by atoms with Gasteiger partial charge in [-0.2, -0.15) is 5.10 Å². The Kier molecular flexibility index (Phi) is 1.54. The first-order valence-electron chi connectivity index (χ1n) is 5.44. The van der Waals surface area contributed by atoms with E-state index in [1.54, 1.807) is 0 Å². The summed E-state index contributed by atoms with van der Waals surface area (Å²) in [5.74, 6) is 0.855. The molecule has 3 aliphatic rings. The zero-order valence-corrected chi connectivity index (χ0v) is 9.89. The van der Waals surface area contributed by atoms with Crippen LogP contribution >= 0.6 is 0 Å². The summed E-state index contributed by atoms with van der Waals surface area (Å²) in [5, 5.41) is 4.09. The second kappa shape index (κ2) is 2.39. The maximum atomic E-state index is 11.6. The normalized spacial score (nSPS) is 44.4. The van der Waals surface area contributed by atoms with E-state index in [1.807, 2.05) is 0 Å². The average Bonchev–Trinajstić information content (AvgIpc) is 2.47. The van der Waals surface area contributed by atoms with Gasteiger partial charge in [0.05, 0.1) is 5.75 Å². The molecule has 4 nitrogen and oxygen atoms in total. The summed E-state index contributed by atoms with van der Waals surface area (Å²) < 4.78 is 23.3. The fraction of sp³-hybridized carbons (Fsp3) is 0.900. The standard InChI is InChI=1S/C10H16N2O2S/c1-9(2)7-3-4-10(9)6-15(13,14)12-11-8(10)5-7/h7,12H,3-6H2,1-2H3. The SMILES string of the molecule is CC1(C)C2CCC13CS(=O)(=O)NN=C3C2. The Morgan fingerprint density at radius 2 is 2.20 bits per heavy atom.